The van der Waals surface area contributed by atoms with Crippen LogP contribution in [0.3, 0.4) is 0 Å². The molecule has 3 nitrogen and oxygen atoms in total. The predicted molar refractivity (Wildman–Crippen MR) is 47.1 cm³/mol. The summed E-state index contributed by atoms with van der Waals surface area (Å²) in [6, 6.07) is 0. The second-order valence-corrected chi connectivity index (χ2v) is 3.18. The van der Waals surface area contributed by atoms with E-state index in [-0.39, 0.29) is 0 Å². The van der Waals surface area contributed by atoms with Gasteiger partial charge in [0.05, 0.1) is 0 Å². The first-order chi connectivity index (χ1) is 5.77. The van der Waals surface area contributed by atoms with Gasteiger partial charge in [0.2, 0.25) is 5.78 Å². The molecule has 62 valence electrons. The van der Waals surface area contributed by atoms with Crippen molar-refractivity contribution in [2.45, 2.75) is 19.8 Å². The molecular formula is C9H11N3. The zero-order valence-corrected chi connectivity index (χ0v) is 7.23. The Hall–Kier alpha value is -1.38. The first kappa shape index (κ1) is 7.28. The van der Waals surface area contributed by atoms with Gasteiger partial charge in [0.25, 0.3) is 0 Å². The van der Waals surface area contributed by atoms with E-state index in [1.807, 2.05) is 16.8 Å². The predicted octanol–water partition coefficient (Wildman–Crippen LogP) is 1.85. The van der Waals surface area contributed by atoms with Gasteiger partial charge in [0, 0.05) is 24.8 Å². The molecule has 0 saturated carbocycles. The van der Waals surface area contributed by atoms with Crippen LogP contribution in [0.1, 0.15) is 25.3 Å². The lowest BCUT2D eigenvalue weighted by Gasteiger charge is -2.03. The summed E-state index contributed by atoms with van der Waals surface area (Å²) >= 11 is 0. The lowest BCUT2D eigenvalue weighted by atomic mass is 10.1. The summed E-state index contributed by atoms with van der Waals surface area (Å²) in [6.45, 7) is 4.31. The van der Waals surface area contributed by atoms with Gasteiger partial charge in [0.15, 0.2) is 0 Å². The average molecular weight is 161 g/mol. The zero-order valence-electron chi connectivity index (χ0n) is 7.23. The minimum atomic E-state index is 0.518. The van der Waals surface area contributed by atoms with Crippen LogP contribution in [-0.4, -0.2) is 14.4 Å². The normalized spacial score (nSPS) is 11.2. The largest absolute Gasteiger partial charge is 0.291 e. The maximum atomic E-state index is 4.21. The SMILES string of the molecule is CC(C)c1cnc2nccn2c1. The van der Waals surface area contributed by atoms with E-state index in [4.69, 9.17) is 0 Å². The van der Waals surface area contributed by atoms with E-state index in [0.717, 1.165) is 5.78 Å². The number of hydrogen-bond acceptors (Lipinski definition) is 2. The molecule has 2 rings (SSSR count). The smallest absolute Gasteiger partial charge is 0.233 e. The van der Waals surface area contributed by atoms with Crippen LogP contribution in [-0.2, 0) is 0 Å². The van der Waals surface area contributed by atoms with E-state index in [1.54, 1.807) is 6.20 Å². The maximum Gasteiger partial charge on any atom is 0.233 e. The van der Waals surface area contributed by atoms with Crippen LogP contribution in [0.25, 0.3) is 5.78 Å². The highest BCUT2D eigenvalue weighted by molar-refractivity contribution is 5.29. The van der Waals surface area contributed by atoms with Gasteiger partial charge in [-0.3, -0.25) is 4.40 Å². The van der Waals surface area contributed by atoms with Gasteiger partial charge in [0.1, 0.15) is 0 Å². The quantitative estimate of drug-likeness (QED) is 0.639. The summed E-state index contributed by atoms with van der Waals surface area (Å²) in [5.74, 6) is 1.28. The van der Waals surface area contributed by atoms with E-state index >= 15 is 0 Å². The van der Waals surface area contributed by atoms with Crippen LogP contribution < -0.4 is 0 Å². The zero-order chi connectivity index (χ0) is 8.55. The molecule has 0 spiro atoms. The molecule has 2 heterocycles. The number of aromatic nitrogens is 3. The third-order valence-electron chi connectivity index (χ3n) is 1.93. The summed E-state index contributed by atoms with van der Waals surface area (Å²) in [5, 5.41) is 0. The van der Waals surface area contributed by atoms with E-state index in [1.165, 1.54) is 5.56 Å². The lowest BCUT2D eigenvalue weighted by molar-refractivity contribution is 0.842. The molecular weight excluding hydrogens is 150 g/mol. The Bertz CT molecular complexity index is 389. The first-order valence-electron chi connectivity index (χ1n) is 4.06. The summed E-state index contributed by atoms with van der Waals surface area (Å²) < 4.78 is 1.94. The van der Waals surface area contributed by atoms with Crippen LogP contribution >= 0.6 is 0 Å². The highest BCUT2D eigenvalue weighted by Gasteiger charge is 2.00. The molecule has 0 atom stereocenters. The number of hydrogen-bond donors (Lipinski definition) is 0. The van der Waals surface area contributed by atoms with Crippen molar-refractivity contribution >= 4 is 5.78 Å². The Morgan fingerprint density at radius 3 is 2.92 bits per heavy atom. The molecule has 0 aliphatic carbocycles. The van der Waals surface area contributed by atoms with Gasteiger partial charge in [-0.05, 0) is 11.5 Å². The Morgan fingerprint density at radius 1 is 1.33 bits per heavy atom. The topological polar surface area (TPSA) is 30.2 Å². The number of nitrogens with zero attached hydrogens (tertiary/aromatic N) is 3. The summed E-state index contributed by atoms with van der Waals surface area (Å²) in [5.41, 5.74) is 1.24. The van der Waals surface area contributed by atoms with Crippen molar-refractivity contribution in [3.05, 3.63) is 30.4 Å². The summed E-state index contributed by atoms with van der Waals surface area (Å²) in [7, 11) is 0. The van der Waals surface area contributed by atoms with Gasteiger partial charge >= 0.3 is 0 Å². The van der Waals surface area contributed by atoms with Crippen molar-refractivity contribution in [3.8, 4) is 0 Å². The summed E-state index contributed by atoms with van der Waals surface area (Å²) in [4.78, 5) is 8.29. The molecule has 0 fully saturated rings. The fourth-order valence-corrected chi connectivity index (χ4v) is 1.13. The standard InChI is InChI=1S/C9H11N3/c1-7(2)8-5-11-9-10-3-4-12(9)6-8/h3-7H,1-2H3. The molecule has 0 aliphatic heterocycles. The molecule has 2 aromatic rings. The first-order valence-corrected chi connectivity index (χ1v) is 4.06. The third kappa shape index (κ3) is 1.07. The Morgan fingerprint density at radius 2 is 2.17 bits per heavy atom. The minimum Gasteiger partial charge on any atom is -0.291 e. The molecule has 0 aromatic carbocycles. The molecule has 0 N–H and O–H groups in total. The molecule has 0 bridgehead atoms. The average Bonchev–Trinajstić information content (AvgIpc) is 2.49. The van der Waals surface area contributed by atoms with Crippen molar-refractivity contribution in [1.82, 2.24) is 14.4 Å². The second kappa shape index (κ2) is 2.59. The maximum absolute atomic E-state index is 4.21. The molecule has 0 unspecified atom stereocenters. The van der Waals surface area contributed by atoms with Crippen LogP contribution in [0.5, 0.6) is 0 Å². The highest BCUT2D eigenvalue weighted by Crippen LogP contribution is 2.12. The Labute approximate surface area is 71.1 Å². The Balaban J connectivity index is 2.60. The molecule has 2 aromatic heterocycles. The summed E-state index contributed by atoms with van der Waals surface area (Å²) in [6.07, 6.45) is 7.62. The van der Waals surface area contributed by atoms with Crippen LogP contribution in [0.4, 0.5) is 0 Å². The number of fused-ring (bicyclic) bond motifs is 1. The molecule has 0 radical (unpaired) electrons. The Kier molecular flexibility index (Phi) is 1.57. The number of rotatable bonds is 1. The molecule has 0 amide bonds. The van der Waals surface area contributed by atoms with E-state index in [0.29, 0.717) is 5.92 Å². The van der Waals surface area contributed by atoms with Gasteiger partial charge < -0.3 is 0 Å². The number of imidazole rings is 1. The molecule has 0 aliphatic rings. The molecule has 0 saturated heterocycles. The van der Waals surface area contributed by atoms with E-state index < -0.39 is 0 Å². The second-order valence-electron chi connectivity index (χ2n) is 3.18. The monoisotopic (exact) mass is 161 g/mol. The van der Waals surface area contributed by atoms with Crippen molar-refractivity contribution < 1.29 is 0 Å². The van der Waals surface area contributed by atoms with Crippen molar-refractivity contribution in [3.63, 3.8) is 0 Å². The van der Waals surface area contributed by atoms with Crippen molar-refractivity contribution in [2.75, 3.05) is 0 Å². The van der Waals surface area contributed by atoms with Crippen LogP contribution in [0, 0.1) is 0 Å². The highest BCUT2D eigenvalue weighted by atomic mass is 15.1. The van der Waals surface area contributed by atoms with E-state index in [2.05, 4.69) is 30.0 Å². The van der Waals surface area contributed by atoms with Gasteiger partial charge in [-0.25, -0.2) is 9.97 Å². The molecule has 12 heavy (non-hydrogen) atoms. The minimum absolute atomic E-state index is 0.518. The van der Waals surface area contributed by atoms with Gasteiger partial charge in [-0.1, -0.05) is 13.8 Å². The lowest BCUT2D eigenvalue weighted by Crippen LogP contribution is -1.94. The molecule has 3 heteroatoms. The van der Waals surface area contributed by atoms with Crippen LogP contribution in [0.15, 0.2) is 24.8 Å². The van der Waals surface area contributed by atoms with Crippen LogP contribution in [0.2, 0.25) is 0 Å². The van der Waals surface area contributed by atoms with Crippen molar-refractivity contribution in [2.24, 2.45) is 0 Å². The fraction of sp³-hybridized carbons (Fsp3) is 0.333. The van der Waals surface area contributed by atoms with Gasteiger partial charge in [-0.2, -0.15) is 0 Å². The third-order valence-corrected chi connectivity index (χ3v) is 1.93. The van der Waals surface area contributed by atoms with Gasteiger partial charge in [-0.15, -0.1) is 0 Å². The van der Waals surface area contributed by atoms with E-state index in [9.17, 15) is 0 Å². The van der Waals surface area contributed by atoms with Crippen molar-refractivity contribution in [1.29, 1.82) is 0 Å². The fourth-order valence-electron chi connectivity index (χ4n) is 1.13.